The summed E-state index contributed by atoms with van der Waals surface area (Å²) in [5, 5.41) is 0. The summed E-state index contributed by atoms with van der Waals surface area (Å²) in [6.45, 7) is 0. The van der Waals surface area contributed by atoms with E-state index in [0.717, 1.165) is 0 Å². The zero-order chi connectivity index (χ0) is 4.50. The predicted molar refractivity (Wildman–Crippen MR) is 38.9 cm³/mol. The van der Waals surface area contributed by atoms with Crippen LogP contribution in [0, 0.1) is 0 Å². The predicted octanol–water partition coefficient (Wildman–Crippen LogP) is -5.09. The Kier molecular flexibility index (Phi) is 25.8. The van der Waals surface area contributed by atoms with Gasteiger partial charge in [0.1, 0.15) is 0 Å². The first kappa shape index (κ1) is 22.5. The minimum atomic E-state index is -4.61. The third kappa shape index (κ3) is 88.4. The summed E-state index contributed by atoms with van der Waals surface area (Å²) in [7, 11) is -4.61. The van der Waals surface area contributed by atoms with Crippen LogP contribution in [0.4, 0.5) is 0 Å². The van der Waals surface area contributed by atoms with Gasteiger partial charge in [0, 0.05) is 0 Å². The topological polar surface area (TPSA) is 80.9 Å². The molecule has 0 bridgehead atoms. The van der Waals surface area contributed by atoms with E-state index in [1.807, 2.05) is 0 Å². The van der Waals surface area contributed by atoms with Crippen LogP contribution in [0.25, 0.3) is 0 Å². The van der Waals surface area contributed by atoms with Crippen LogP contribution < -0.4 is 0 Å². The monoisotopic (exact) mass is 156 g/mol. The molecule has 0 saturated carbocycles. The van der Waals surface area contributed by atoms with Crippen LogP contribution in [0.2, 0.25) is 0 Å². The fraction of sp³-hybridized carbons (Fsp3) is 0. The second kappa shape index (κ2) is 9.19. The minimum Gasteiger partial charge on any atom is 0.316 e. The van der Waals surface area contributed by atoms with Crippen LogP contribution in [-0.4, -0.2) is 93.2 Å². The maximum atomic E-state index is 7.33. The van der Waals surface area contributed by atoms with Crippen LogP contribution in [0.1, 0.15) is 0 Å². The molecule has 0 spiro atoms. The van der Waals surface area contributed by atoms with E-state index in [1.54, 1.807) is 0 Å². The Balaban J connectivity index is -0.0000000267. The molecule has 0 heterocycles. The Hall–Kier alpha value is 2.19. The Morgan fingerprint density at radius 2 is 0.750 bits per heavy atom. The van der Waals surface area contributed by atoms with Crippen molar-refractivity contribution in [1.82, 2.24) is 0 Å². The van der Waals surface area contributed by atoms with Gasteiger partial charge < -0.3 is 19.2 Å². The van der Waals surface area contributed by atoms with E-state index in [2.05, 4.69) is 0 Å². The molecule has 8 heteroatoms. The van der Waals surface area contributed by atoms with Gasteiger partial charge in [-0.05, 0) is 0 Å². The van der Waals surface area contributed by atoms with Crippen LogP contribution in [-0.2, 0) is 0 Å². The van der Waals surface area contributed by atoms with E-state index in [0.29, 0.717) is 0 Å². The first-order valence-corrected chi connectivity index (χ1v) is 2.68. The van der Waals surface area contributed by atoms with Gasteiger partial charge in [-0.25, -0.2) is 0 Å². The van der Waals surface area contributed by atoms with E-state index in [4.69, 9.17) is 19.2 Å². The average Bonchev–Trinajstić information content (AvgIpc) is 0.722. The van der Waals surface area contributed by atoms with Crippen molar-refractivity contribution in [2.75, 3.05) is 0 Å². The van der Waals surface area contributed by atoms with Gasteiger partial charge in [0.15, 0.2) is 0 Å². The van der Waals surface area contributed by atoms with E-state index >= 15 is 0 Å². The normalized spacial score (nSPS) is 7.50. The molecule has 0 unspecified atom stereocenters. The summed E-state index contributed by atoms with van der Waals surface area (Å²) in [5.74, 6) is 0. The van der Waals surface area contributed by atoms with Crippen molar-refractivity contribution in [3.8, 4) is 0 Å². The van der Waals surface area contributed by atoms with Gasteiger partial charge in [0.2, 0.25) is 0 Å². The fourth-order valence-electron chi connectivity index (χ4n) is 0. The van der Waals surface area contributed by atoms with Crippen LogP contribution in [0.5, 0.6) is 0 Å². The number of hydrogen-bond donors (Lipinski definition) is 4. The van der Waals surface area contributed by atoms with Crippen molar-refractivity contribution in [1.29, 1.82) is 0 Å². The summed E-state index contributed by atoms with van der Waals surface area (Å²) < 4.78 is 0. The van der Waals surface area contributed by atoms with Gasteiger partial charge in [-0.2, -0.15) is 0 Å². The molecule has 0 aliphatic heterocycles. The van der Waals surface area contributed by atoms with Gasteiger partial charge in [0.25, 0.3) is 0 Å². The Labute approximate surface area is 92.3 Å². The quantitative estimate of drug-likeness (QED) is 0.265. The van der Waals surface area contributed by atoms with Crippen molar-refractivity contribution >= 4 is 74.0 Å². The maximum absolute atomic E-state index is 7.33. The number of hydrogen-bond acceptors (Lipinski definition) is 4. The molecule has 0 aromatic carbocycles. The second-order valence-corrected chi connectivity index (χ2v) is 1.80. The Bertz CT molecular complexity index is 29.5. The molecule has 0 fully saturated rings. The third-order valence-electron chi connectivity index (χ3n) is 0. The van der Waals surface area contributed by atoms with Crippen molar-refractivity contribution in [2.24, 2.45) is 0 Å². The summed E-state index contributed by atoms with van der Waals surface area (Å²) in [6, 6.07) is 0. The van der Waals surface area contributed by atoms with Gasteiger partial charge in [-0.1, -0.05) is 0 Å². The standard InChI is InChI=1S/Li.2Mg.H4O4Si.5H/c;;;1-5(2,3)4;;;;;/h;;;1-4H;;;;;. The Morgan fingerprint density at radius 1 is 0.750 bits per heavy atom. The first-order chi connectivity index (χ1) is 2.00. The van der Waals surface area contributed by atoms with E-state index in [9.17, 15) is 0 Å². The van der Waals surface area contributed by atoms with Crippen LogP contribution in [0.3, 0.4) is 0 Å². The van der Waals surface area contributed by atoms with Crippen molar-refractivity contribution < 1.29 is 19.2 Å². The number of rotatable bonds is 0. The molecule has 0 atom stereocenters. The first-order valence-electron chi connectivity index (χ1n) is 0.894. The zero-order valence-corrected chi connectivity index (χ0v) is 3.29. The summed E-state index contributed by atoms with van der Waals surface area (Å²) in [6.07, 6.45) is 0. The third-order valence-corrected chi connectivity index (χ3v) is 0. The molecule has 0 saturated heterocycles. The van der Waals surface area contributed by atoms with Crippen LogP contribution >= 0.6 is 0 Å². The summed E-state index contributed by atoms with van der Waals surface area (Å²) in [5.41, 5.74) is 0. The van der Waals surface area contributed by atoms with E-state index in [1.165, 1.54) is 0 Å². The van der Waals surface area contributed by atoms with Crippen LogP contribution in [0.15, 0.2) is 0 Å². The van der Waals surface area contributed by atoms with Gasteiger partial charge in [-0.3, -0.25) is 0 Å². The molecular formula is H9LiMg2O4Si. The van der Waals surface area contributed by atoms with Gasteiger partial charge in [-0.15, -0.1) is 0 Å². The maximum Gasteiger partial charge on any atom is 0.316 e. The molecule has 0 aromatic rings. The molecule has 0 radical (unpaired) electrons. The van der Waals surface area contributed by atoms with Crippen molar-refractivity contribution in [3.05, 3.63) is 0 Å². The van der Waals surface area contributed by atoms with Gasteiger partial charge in [0.05, 0.1) is 0 Å². The van der Waals surface area contributed by atoms with E-state index in [-0.39, 0.29) is 65.0 Å². The van der Waals surface area contributed by atoms with Gasteiger partial charge >= 0.3 is 74.0 Å². The van der Waals surface area contributed by atoms with E-state index < -0.39 is 9.05 Å². The molecule has 4 N–H and O–H groups in total. The SMILES string of the molecule is O[Si](O)(O)O.[LiH].[MgH2].[MgH2]. The molecule has 42 valence electrons. The fourth-order valence-corrected chi connectivity index (χ4v) is 0. The molecular weight excluding hydrogens is 148 g/mol. The van der Waals surface area contributed by atoms with Crippen molar-refractivity contribution in [3.63, 3.8) is 0 Å². The largest absolute Gasteiger partial charge is 0.316 e. The average molecular weight is 157 g/mol. The Morgan fingerprint density at radius 3 is 0.750 bits per heavy atom. The molecule has 4 nitrogen and oxygen atoms in total. The second-order valence-electron chi connectivity index (χ2n) is 0.600. The smallest absolute Gasteiger partial charge is 0.316 e. The molecule has 0 aliphatic carbocycles. The molecule has 0 amide bonds. The zero-order valence-electron chi connectivity index (χ0n) is 2.29. The molecule has 0 aromatic heterocycles. The molecule has 0 rings (SSSR count). The summed E-state index contributed by atoms with van der Waals surface area (Å²) in [4.78, 5) is 29.3. The minimum absolute atomic E-state index is 0. The summed E-state index contributed by atoms with van der Waals surface area (Å²) >= 11 is 0. The van der Waals surface area contributed by atoms with Crippen molar-refractivity contribution in [2.45, 2.75) is 0 Å². The molecule has 8 heavy (non-hydrogen) atoms. The molecule has 0 aliphatic rings.